The molecule has 3 rings (SSSR count). The molecule has 102 valence electrons. The molecule has 0 unspecified atom stereocenters. The number of carbonyl (C=O) groups is 1. The molecule has 7 heteroatoms. The van der Waals surface area contributed by atoms with Crippen molar-refractivity contribution in [2.24, 2.45) is 7.05 Å². The topological polar surface area (TPSA) is 52.2 Å². The highest BCUT2D eigenvalue weighted by molar-refractivity contribution is 9.12. The Balaban J connectivity index is 2.13. The van der Waals surface area contributed by atoms with Crippen LogP contribution in [0.2, 0.25) is 0 Å². The Morgan fingerprint density at radius 2 is 2.05 bits per heavy atom. The molecule has 0 N–H and O–H groups in total. The molecule has 0 spiro atoms. The number of oxazole rings is 1. The molecule has 0 aliphatic carbocycles. The van der Waals surface area contributed by atoms with E-state index in [0.717, 1.165) is 7.57 Å². The summed E-state index contributed by atoms with van der Waals surface area (Å²) < 4.78 is 8.14. The van der Waals surface area contributed by atoms with Gasteiger partial charge in [0.1, 0.15) is 0 Å². The SMILES string of the molecule is Cn1c(=O)oc2cc(C(=O)c3cc(Br)sc3Br)ccc21. The monoisotopic (exact) mass is 415 g/mol. The summed E-state index contributed by atoms with van der Waals surface area (Å²) in [6.07, 6.45) is 0. The number of benzene rings is 1. The fourth-order valence-electron chi connectivity index (χ4n) is 1.93. The lowest BCUT2D eigenvalue weighted by Gasteiger charge is -1.99. The molecule has 3 aromatic rings. The van der Waals surface area contributed by atoms with Crippen molar-refractivity contribution in [1.82, 2.24) is 4.57 Å². The van der Waals surface area contributed by atoms with E-state index >= 15 is 0 Å². The summed E-state index contributed by atoms with van der Waals surface area (Å²) in [5.74, 6) is -0.559. The summed E-state index contributed by atoms with van der Waals surface area (Å²) in [4.78, 5) is 23.9. The van der Waals surface area contributed by atoms with Gasteiger partial charge in [0.25, 0.3) is 0 Å². The van der Waals surface area contributed by atoms with Gasteiger partial charge in [0.15, 0.2) is 11.4 Å². The van der Waals surface area contributed by atoms with E-state index in [0.29, 0.717) is 22.2 Å². The van der Waals surface area contributed by atoms with Gasteiger partial charge in [0.05, 0.1) is 13.1 Å². The first kappa shape index (κ1) is 13.8. The fraction of sp³-hybridized carbons (Fsp3) is 0.0769. The normalized spacial score (nSPS) is 11.2. The Labute approximate surface area is 134 Å². The van der Waals surface area contributed by atoms with Crippen molar-refractivity contribution in [3.63, 3.8) is 0 Å². The lowest BCUT2D eigenvalue weighted by atomic mass is 10.1. The van der Waals surface area contributed by atoms with E-state index in [4.69, 9.17) is 4.42 Å². The zero-order valence-electron chi connectivity index (χ0n) is 10.1. The molecule has 4 nitrogen and oxygen atoms in total. The van der Waals surface area contributed by atoms with Gasteiger partial charge in [-0.3, -0.25) is 9.36 Å². The number of nitrogens with zero attached hydrogens (tertiary/aromatic N) is 1. The number of rotatable bonds is 2. The predicted molar refractivity (Wildman–Crippen MR) is 84.6 cm³/mol. The van der Waals surface area contributed by atoms with Crippen LogP contribution in [0.1, 0.15) is 15.9 Å². The van der Waals surface area contributed by atoms with Crippen molar-refractivity contribution >= 4 is 60.1 Å². The highest BCUT2D eigenvalue weighted by Gasteiger charge is 2.17. The van der Waals surface area contributed by atoms with Gasteiger partial charge in [-0.25, -0.2) is 4.79 Å². The number of thiophene rings is 1. The van der Waals surface area contributed by atoms with Gasteiger partial charge in [-0.15, -0.1) is 11.3 Å². The Morgan fingerprint density at radius 1 is 1.30 bits per heavy atom. The van der Waals surface area contributed by atoms with Gasteiger partial charge < -0.3 is 4.42 Å². The van der Waals surface area contributed by atoms with Crippen molar-refractivity contribution in [3.05, 3.63) is 53.5 Å². The van der Waals surface area contributed by atoms with E-state index < -0.39 is 5.76 Å². The zero-order valence-corrected chi connectivity index (χ0v) is 14.1. The highest BCUT2D eigenvalue weighted by Crippen LogP contribution is 2.33. The van der Waals surface area contributed by atoms with Crippen LogP contribution in [0.5, 0.6) is 0 Å². The third kappa shape index (κ3) is 2.19. The predicted octanol–water partition coefficient (Wildman–Crippen LogP) is 3.95. The molecule has 2 aromatic heterocycles. The fourth-order valence-corrected chi connectivity index (χ4v) is 4.72. The van der Waals surface area contributed by atoms with Gasteiger partial charge in [-0.1, -0.05) is 0 Å². The standard InChI is InChI=1S/C13H7Br2NO3S/c1-16-8-3-2-6(4-9(8)19-13(16)18)11(17)7-5-10(14)20-12(7)15/h2-5H,1H3. The number of ketones is 1. The molecule has 0 fully saturated rings. The maximum atomic E-state index is 12.4. The van der Waals surface area contributed by atoms with E-state index in [1.165, 1.54) is 15.9 Å². The minimum Gasteiger partial charge on any atom is -0.408 e. The van der Waals surface area contributed by atoms with E-state index in [2.05, 4.69) is 31.9 Å². The minimum absolute atomic E-state index is 0.118. The first-order valence-corrected chi connectivity index (χ1v) is 7.97. The molecular weight excluding hydrogens is 410 g/mol. The Bertz CT molecular complexity index is 891. The number of halogens is 2. The number of aryl methyl sites for hydroxylation is 1. The van der Waals surface area contributed by atoms with Crippen LogP contribution >= 0.6 is 43.2 Å². The van der Waals surface area contributed by atoms with Crippen LogP contribution in [0.4, 0.5) is 0 Å². The Hall–Kier alpha value is -1.18. The third-order valence-corrected chi connectivity index (χ3v) is 5.30. The van der Waals surface area contributed by atoms with Crippen molar-refractivity contribution in [1.29, 1.82) is 0 Å². The second-order valence-electron chi connectivity index (χ2n) is 4.18. The lowest BCUT2D eigenvalue weighted by molar-refractivity contribution is 0.103. The van der Waals surface area contributed by atoms with E-state index in [1.807, 2.05) is 0 Å². The van der Waals surface area contributed by atoms with Crippen LogP contribution < -0.4 is 5.76 Å². The second kappa shape index (κ2) is 4.98. The maximum Gasteiger partial charge on any atom is 0.419 e. The summed E-state index contributed by atoms with van der Waals surface area (Å²) >= 11 is 8.16. The first-order chi connectivity index (χ1) is 9.47. The van der Waals surface area contributed by atoms with Crippen molar-refractivity contribution < 1.29 is 9.21 Å². The van der Waals surface area contributed by atoms with Crippen LogP contribution in [0.3, 0.4) is 0 Å². The lowest BCUT2D eigenvalue weighted by Crippen LogP contribution is -2.08. The van der Waals surface area contributed by atoms with Crippen molar-refractivity contribution in [2.45, 2.75) is 0 Å². The van der Waals surface area contributed by atoms with Crippen molar-refractivity contribution in [2.75, 3.05) is 0 Å². The van der Waals surface area contributed by atoms with Crippen molar-refractivity contribution in [3.8, 4) is 0 Å². The Kier molecular flexibility index (Phi) is 3.43. The highest BCUT2D eigenvalue weighted by atomic mass is 79.9. The van der Waals surface area contributed by atoms with Crippen LogP contribution in [0, 0.1) is 0 Å². The molecule has 1 aromatic carbocycles. The summed E-state index contributed by atoms with van der Waals surface area (Å²) in [6.45, 7) is 0. The molecular formula is C13H7Br2NO3S. The van der Waals surface area contributed by atoms with Crippen LogP contribution in [0.15, 0.2) is 41.0 Å². The molecule has 0 saturated carbocycles. The number of fused-ring (bicyclic) bond motifs is 1. The molecule has 20 heavy (non-hydrogen) atoms. The Morgan fingerprint density at radius 3 is 2.70 bits per heavy atom. The largest absolute Gasteiger partial charge is 0.419 e. The summed E-state index contributed by atoms with van der Waals surface area (Å²) in [7, 11) is 1.63. The smallest absolute Gasteiger partial charge is 0.408 e. The maximum absolute atomic E-state index is 12.4. The van der Waals surface area contributed by atoms with Gasteiger partial charge >= 0.3 is 5.76 Å². The molecule has 0 aliphatic rings. The van der Waals surface area contributed by atoms with E-state index in [9.17, 15) is 9.59 Å². The summed E-state index contributed by atoms with van der Waals surface area (Å²) in [5.41, 5.74) is 2.14. The molecule has 0 atom stereocenters. The molecule has 0 amide bonds. The number of carbonyl (C=O) groups excluding carboxylic acids is 1. The molecule has 2 heterocycles. The van der Waals surface area contributed by atoms with E-state index in [1.54, 1.807) is 31.3 Å². The number of aromatic nitrogens is 1. The molecule has 0 radical (unpaired) electrons. The van der Waals surface area contributed by atoms with Gasteiger partial charge in [-0.2, -0.15) is 0 Å². The number of hydrogen-bond donors (Lipinski definition) is 0. The van der Waals surface area contributed by atoms with Gasteiger partial charge in [-0.05, 0) is 56.1 Å². The third-order valence-electron chi connectivity index (χ3n) is 2.96. The summed E-state index contributed by atoms with van der Waals surface area (Å²) in [5, 5.41) is 0. The van der Waals surface area contributed by atoms with Gasteiger partial charge in [0.2, 0.25) is 0 Å². The molecule has 0 aliphatic heterocycles. The van der Waals surface area contributed by atoms with Crippen LogP contribution in [-0.4, -0.2) is 10.4 Å². The van der Waals surface area contributed by atoms with Gasteiger partial charge in [0, 0.05) is 18.2 Å². The molecule has 0 bridgehead atoms. The average Bonchev–Trinajstić information content (AvgIpc) is 2.89. The molecule has 0 saturated heterocycles. The van der Waals surface area contributed by atoms with Crippen LogP contribution in [0.25, 0.3) is 11.1 Å². The number of hydrogen-bond acceptors (Lipinski definition) is 4. The average molecular weight is 417 g/mol. The van der Waals surface area contributed by atoms with E-state index in [-0.39, 0.29) is 5.78 Å². The zero-order chi connectivity index (χ0) is 14.4. The quantitative estimate of drug-likeness (QED) is 0.594. The second-order valence-corrected chi connectivity index (χ2v) is 7.93. The first-order valence-electron chi connectivity index (χ1n) is 5.56. The summed E-state index contributed by atoms with van der Waals surface area (Å²) in [6, 6.07) is 6.76. The van der Waals surface area contributed by atoms with Crippen LogP contribution in [-0.2, 0) is 7.05 Å². The minimum atomic E-state index is -0.441.